The first kappa shape index (κ1) is 14.0. The van der Waals surface area contributed by atoms with Crippen molar-refractivity contribution in [1.29, 1.82) is 5.26 Å². The first-order valence-corrected chi connectivity index (χ1v) is 6.58. The lowest BCUT2D eigenvalue weighted by Gasteiger charge is -2.28. The Morgan fingerprint density at radius 3 is 2.55 bits per heavy atom. The van der Waals surface area contributed by atoms with E-state index in [9.17, 15) is 0 Å². The number of benzene rings is 1. The maximum Gasteiger partial charge on any atom is 0.176 e. The highest BCUT2D eigenvalue weighted by molar-refractivity contribution is 5.65. The number of hydrogen-bond acceptors (Lipinski definition) is 3. The van der Waals surface area contributed by atoms with E-state index in [1.807, 2.05) is 12.3 Å². The van der Waals surface area contributed by atoms with Crippen LogP contribution in [0.5, 0.6) is 0 Å². The molecule has 0 saturated heterocycles. The van der Waals surface area contributed by atoms with E-state index in [1.165, 1.54) is 16.7 Å². The molecule has 20 heavy (non-hydrogen) atoms. The number of aryl methyl sites for hydroxylation is 1. The molecule has 1 aliphatic rings. The van der Waals surface area contributed by atoms with Gasteiger partial charge in [0, 0.05) is 18.8 Å². The molecule has 2 N–H and O–H groups in total. The molecule has 0 aromatic heterocycles. The Kier molecular flexibility index (Phi) is 3.95. The van der Waals surface area contributed by atoms with E-state index in [2.05, 4.69) is 49.8 Å². The Hall–Kier alpha value is -2.47. The average Bonchev–Trinajstić information content (AvgIpc) is 2.47. The number of nitrogens with one attached hydrogen (secondary N) is 2. The Balaban J connectivity index is 2.08. The molecule has 0 amide bonds. The van der Waals surface area contributed by atoms with Gasteiger partial charge in [0.15, 0.2) is 6.19 Å². The Morgan fingerprint density at radius 2 is 1.90 bits per heavy atom. The van der Waals surface area contributed by atoms with Gasteiger partial charge in [-0.15, -0.1) is 0 Å². The van der Waals surface area contributed by atoms with Gasteiger partial charge in [-0.1, -0.05) is 31.4 Å². The number of allylic oxidation sites excluding steroid dienone is 2. The number of nitriles is 1. The zero-order valence-electron chi connectivity index (χ0n) is 12.0. The van der Waals surface area contributed by atoms with Crippen LogP contribution in [0, 0.1) is 18.4 Å². The summed E-state index contributed by atoms with van der Waals surface area (Å²) in [7, 11) is 0. The molecule has 0 aliphatic heterocycles. The van der Waals surface area contributed by atoms with Crippen molar-refractivity contribution in [3.8, 4) is 6.19 Å². The molecule has 0 heterocycles. The second-order valence-corrected chi connectivity index (χ2v) is 5.04. The standard InChI is InChI=1S/C17H19N3/c1-11-5-6-15(8-19-10-18)7-16(11)9-20-17-13(3)12(2)14(17)4/h5-7,19-20H,2-3,8-9H2,1,4H3. The molecule has 2 rings (SSSR count). The quantitative estimate of drug-likeness (QED) is 0.635. The molecule has 0 atom stereocenters. The van der Waals surface area contributed by atoms with E-state index < -0.39 is 0 Å². The van der Waals surface area contributed by atoms with Crippen molar-refractivity contribution in [3.05, 3.63) is 70.5 Å². The molecule has 0 spiro atoms. The van der Waals surface area contributed by atoms with Gasteiger partial charge in [0.2, 0.25) is 0 Å². The molecule has 1 aromatic rings. The van der Waals surface area contributed by atoms with Crippen LogP contribution >= 0.6 is 0 Å². The summed E-state index contributed by atoms with van der Waals surface area (Å²) in [5, 5.41) is 14.6. The third-order valence-corrected chi connectivity index (χ3v) is 3.73. The summed E-state index contributed by atoms with van der Waals surface area (Å²) in [5.41, 5.74) is 7.91. The predicted octanol–water partition coefficient (Wildman–Crippen LogP) is 3.06. The van der Waals surface area contributed by atoms with Crippen molar-refractivity contribution >= 4 is 0 Å². The fourth-order valence-corrected chi connectivity index (χ4v) is 2.28. The van der Waals surface area contributed by atoms with Crippen LogP contribution < -0.4 is 10.6 Å². The minimum absolute atomic E-state index is 0.565. The zero-order valence-corrected chi connectivity index (χ0v) is 12.0. The average molecular weight is 265 g/mol. The van der Waals surface area contributed by atoms with Gasteiger partial charge >= 0.3 is 0 Å². The van der Waals surface area contributed by atoms with Crippen molar-refractivity contribution in [2.75, 3.05) is 0 Å². The van der Waals surface area contributed by atoms with Crippen molar-refractivity contribution in [1.82, 2.24) is 10.6 Å². The minimum atomic E-state index is 0.565. The lowest BCUT2D eigenvalue weighted by Crippen LogP contribution is -2.24. The van der Waals surface area contributed by atoms with E-state index in [-0.39, 0.29) is 0 Å². The van der Waals surface area contributed by atoms with Gasteiger partial charge in [0.25, 0.3) is 0 Å². The Bertz CT molecular complexity index is 645. The molecule has 1 aromatic carbocycles. The third-order valence-electron chi connectivity index (χ3n) is 3.73. The van der Waals surface area contributed by atoms with Gasteiger partial charge in [-0.2, -0.15) is 5.26 Å². The summed E-state index contributed by atoms with van der Waals surface area (Å²) in [6.45, 7) is 13.4. The molecule has 102 valence electrons. The fraction of sp³-hybridized carbons (Fsp3) is 0.235. The number of rotatable bonds is 5. The van der Waals surface area contributed by atoms with Gasteiger partial charge in [0.05, 0.1) is 0 Å². The molecule has 3 heteroatoms. The van der Waals surface area contributed by atoms with Gasteiger partial charge in [-0.05, 0) is 47.3 Å². The van der Waals surface area contributed by atoms with E-state index in [1.54, 1.807) is 0 Å². The molecule has 0 unspecified atom stereocenters. The zero-order chi connectivity index (χ0) is 14.7. The van der Waals surface area contributed by atoms with Crippen LogP contribution in [0.3, 0.4) is 0 Å². The largest absolute Gasteiger partial charge is 0.380 e. The van der Waals surface area contributed by atoms with Crippen LogP contribution in [-0.4, -0.2) is 0 Å². The van der Waals surface area contributed by atoms with E-state index in [4.69, 9.17) is 5.26 Å². The van der Waals surface area contributed by atoms with Crippen molar-refractivity contribution in [2.24, 2.45) is 0 Å². The van der Waals surface area contributed by atoms with Gasteiger partial charge in [0.1, 0.15) is 0 Å². The lowest BCUT2D eigenvalue weighted by molar-refractivity contribution is 0.785. The lowest BCUT2D eigenvalue weighted by atomic mass is 9.85. The van der Waals surface area contributed by atoms with Crippen LogP contribution in [0.25, 0.3) is 0 Å². The van der Waals surface area contributed by atoms with E-state index in [0.29, 0.717) is 6.54 Å². The monoisotopic (exact) mass is 265 g/mol. The summed E-state index contributed by atoms with van der Waals surface area (Å²) in [4.78, 5) is 0. The fourth-order valence-electron chi connectivity index (χ4n) is 2.28. The second kappa shape index (κ2) is 5.66. The topological polar surface area (TPSA) is 47.8 Å². The number of nitrogens with zero attached hydrogens (tertiary/aromatic N) is 1. The molecule has 1 aliphatic carbocycles. The van der Waals surface area contributed by atoms with Crippen LogP contribution in [0.15, 0.2) is 53.8 Å². The molecular formula is C17H19N3. The van der Waals surface area contributed by atoms with E-state index in [0.717, 1.165) is 29.0 Å². The summed E-state index contributed by atoms with van der Waals surface area (Å²) in [6, 6.07) is 6.25. The Labute approximate surface area is 120 Å². The number of hydrogen-bond donors (Lipinski definition) is 2. The first-order valence-electron chi connectivity index (χ1n) is 6.58. The van der Waals surface area contributed by atoms with Gasteiger partial charge in [-0.25, -0.2) is 0 Å². The molecule has 0 bridgehead atoms. The summed E-state index contributed by atoms with van der Waals surface area (Å²) >= 11 is 0. The highest BCUT2D eigenvalue weighted by Gasteiger charge is 2.22. The highest BCUT2D eigenvalue weighted by atomic mass is 14.9. The van der Waals surface area contributed by atoms with E-state index >= 15 is 0 Å². The SMILES string of the molecule is C=C1C(=C)C(NCc2cc(CNC#N)ccc2C)=C1C. The predicted molar refractivity (Wildman–Crippen MR) is 81.5 cm³/mol. The highest BCUT2D eigenvalue weighted by Crippen LogP contribution is 2.35. The van der Waals surface area contributed by atoms with Crippen molar-refractivity contribution in [2.45, 2.75) is 26.9 Å². The van der Waals surface area contributed by atoms with Gasteiger partial charge < -0.3 is 10.6 Å². The Morgan fingerprint density at radius 1 is 1.15 bits per heavy atom. The first-order chi connectivity index (χ1) is 9.54. The maximum absolute atomic E-state index is 8.55. The van der Waals surface area contributed by atoms with Crippen molar-refractivity contribution in [3.63, 3.8) is 0 Å². The van der Waals surface area contributed by atoms with Crippen LogP contribution in [0.4, 0.5) is 0 Å². The smallest absolute Gasteiger partial charge is 0.176 e. The van der Waals surface area contributed by atoms with Gasteiger partial charge in [-0.3, -0.25) is 0 Å². The molecular weight excluding hydrogens is 246 g/mol. The third kappa shape index (κ3) is 2.60. The summed E-state index contributed by atoms with van der Waals surface area (Å²) in [5.74, 6) is 0. The maximum atomic E-state index is 8.55. The molecule has 0 radical (unpaired) electrons. The molecule has 0 saturated carbocycles. The summed E-state index contributed by atoms with van der Waals surface area (Å²) < 4.78 is 0. The van der Waals surface area contributed by atoms with Crippen LogP contribution in [0.2, 0.25) is 0 Å². The minimum Gasteiger partial charge on any atom is -0.380 e. The molecule has 3 nitrogen and oxygen atoms in total. The molecule has 0 fully saturated rings. The van der Waals surface area contributed by atoms with Crippen LogP contribution in [-0.2, 0) is 13.1 Å². The second-order valence-electron chi connectivity index (χ2n) is 5.04. The van der Waals surface area contributed by atoms with Crippen molar-refractivity contribution < 1.29 is 0 Å². The van der Waals surface area contributed by atoms with Crippen LogP contribution in [0.1, 0.15) is 23.6 Å². The normalized spacial score (nSPS) is 13.8. The summed E-state index contributed by atoms with van der Waals surface area (Å²) in [6.07, 6.45) is 1.94.